The van der Waals surface area contributed by atoms with Gasteiger partial charge < -0.3 is 4.90 Å². The maximum atomic E-state index is 13.5. The first-order valence-electron chi connectivity index (χ1n) is 11.2. The molecule has 0 saturated carbocycles. The summed E-state index contributed by atoms with van der Waals surface area (Å²) in [6.45, 7) is 2.95. The van der Waals surface area contributed by atoms with Crippen LogP contribution in [0.25, 0.3) is 0 Å². The van der Waals surface area contributed by atoms with Gasteiger partial charge in [0.2, 0.25) is 0 Å². The van der Waals surface area contributed by atoms with E-state index in [0.717, 1.165) is 30.4 Å². The van der Waals surface area contributed by atoms with E-state index in [0.29, 0.717) is 29.5 Å². The highest BCUT2D eigenvalue weighted by Gasteiger charge is 2.26. The van der Waals surface area contributed by atoms with Gasteiger partial charge in [0.25, 0.3) is 5.91 Å². The summed E-state index contributed by atoms with van der Waals surface area (Å²) in [6.07, 6.45) is 2.61. The zero-order chi connectivity index (χ0) is 23.4. The molecular formula is C25H29ClFN5O. The zero-order valence-corrected chi connectivity index (χ0v) is 19.6. The Balaban J connectivity index is 1.29. The molecule has 1 aliphatic heterocycles. The van der Waals surface area contributed by atoms with E-state index in [1.165, 1.54) is 6.07 Å². The second-order valence-electron chi connectivity index (χ2n) is 8.59. The van der Waals surface area contributed by atoms with E-state index in [4.69, 9.17) is 11.6 Å². The summed E-state index contributed by atoms with van der Waals surface area (Å²) in [4.78, 5) is 14.8. The second kappa shape index (κ2) is 10.5. The second-order valence-corrected chi connectivity index (χ2v) is 8.95. The summed E-state index contributed by atoms with van der Waals surface area (Å²) in [5.41, 5.74) is 9.65. The number of nitrogens with one attached hydrogen (secondary N) is 2. The normalized spacial score (nSPS) is 17.9. The molecular weight excluding hydrogens is 441 g/mol. The Morgan fingerprint density at radius 1 is 1.21 bits per heavy atom. The van der Waals surface area contributed by atoms with E-state index in [1.54, 1.807) is 28.8 Å². The van der Waals surface area contributed by atoms with Gasteiger partial charge >= 0.3 is 0 Å². The Morgan fingerprint density at radius 2 is 2.00 bits per heavy atom. The third kappa shape index (κ3) is 5.61. The molecule has 1 aromatic heterocycles. The lowest BCUT2D eigenvalue weighted by atomic mass is 9.99. The first-order valence-corrected chi connectivity index (χ1v) is 11.6. The first-order chi connectivity index (χ1) is 15.9. The number of amides is 1. The number of benzene rings is 2. The zero-order valence-electron chi connectivity index (χ0n) is 18.9. The molecule has 0 aliphatic carbocycles. The SMILES string of the molecule is Cc1nn(Cc2ccccc2)c(Cl)c1C(=O)N(C)CCCC1CC(c2cccc(F)c2)NN1. The van der Waals surface area contributed by atoms with E-state index in [-0.39, 0.29) is 23.8 Å². The van der Waals surface area contributed by atoms with Crippen molar-refractivity contribution in [2.24, 2.45) is 0 Å². The van der Waals surface area contributed by atoms with Gasteiger partial charge in [0.05, 0.1) is 17.8 Å². The van der Waals surface area contributed by atoms with Gasteiger partial charge in [-0.2, -0.15) is 5.10 Å². The Kier molecular flexibility index (Phi) is 7.42. The van der Waals surface area contributed by atoms with Crippen LogP contribution in [0.2, 0.25) is 5.15 Å². The number of aromatic nitrogens is 2. The van der Waals surface area contributed by atoms with Gasteiger partial charge in [-0.05, 0) is 49.4 Å². The number of nitrogens with zero attached hydrogens (tertiary/aromatic N) is 3. The number of rotatable bonds is 8. The molecule has 2 heterocycles. The molecule has 2 N–H and O–H groups in total. The van der Waals surface area contributed by atoms with E-state index in [1.807, 2.05) is 43.3 Å². The lowest BCUT2D eigenvalue weighted by molar-refractivity contribution is 0.0791. The molecule has 0 bridgehead atoms. The van der Waals surface area contributed by atoms with Gasteiger partial charge in [0, 0.05) is 25.7 Å². The maximum absolute atomic E-state index is 13.5. The molecule has 8 heteroatoms. The molecule has 2 aromatic carbocycles. The Labute approximate surface area is 198 Å². The number of hydrogen-bond acceptors (Lipinski definition) is 4. The average Bonchev–Trinajstić information content (AvgIpc) is 3.38. The molecule has 33 heavy (non-hydrogen) atoms. The van der Waals surface area contributed by atoms with Crippen LogP contribution < -0.4 is 10.9 Å². The van der Waals surface area contributed by atoms with Crippen LogP contribution in [-0.2, 0) is 6.54 Å². The van der Waals surface area contributed by atoms with Gasteiger partial charge in [0.15, 0.2) is 0 Å². The van der Waals surface area contributed by atoms with Crippen LogP contribution in [0, 0.1) is 12.7 Å². The number of carbonyl (C=O) groups excluding carboxylic acids is 1. The molecule has 2 atom stereocenters. The molecule has 1 aliphatic rings. The summed E-state index contributed by atoms with van der Waals surface area (Å²) in [6, 6.07) is 16.9. The topological polar surface area (TPSA) is 62.2 Å². The van der Waals surface area contributed by atoms with Crippen molar-refractivity contribution >= 4 is 17.5 Å². The fourth-order valence-corrected chi connectivity index (χ4v) is 4.59. The largest absolute Gasteiger partial charge is 0.342 e. The monoisotopic (exact) mass is 469 g/mol. The van der Waals surface area contributed by atoms with Crippen molar-refractivity contribution in [2.45, 2.75) is 44.8 Å². The minimum absolute atomic E-state index is 0.0852. The smallest absolute Gasteiger partial charge is 0.258 e. The van der Waals surface area contributed by atoms with Crippen LogP contribution >= 0.6 is 11.6 Å². The summed E-state index contributed by atoms with van der Waals surface area (Å²) in [5, 5.41) is 4.86. The Hall–Kier alpha value is -2.74. The maximum Gasteiger partial charge on any atom is 0.258 e. The minimum Gasteiger partial charge on any atom is -0.342 e. The van der Waals surface area contributed by atoms with Crippen LogP contribution in [0.4, 0.5) is 4.39 Å². The van der Waals surface area contributed by atoms with Crippen molar-refractivity contribution < 1.29 is 9.18 Å². The summed E-state index contributed by atoms with van der Waals surface area (Å²) < 4.78 is 15.2. The van der Waals surface area contributed by atoms with Crippen LogP contribution in [0.5, 0.6) is 0 Å². The third-order valence-electron chi connectivity index (χ3n) is 6.08. The van der Waals surface area contributed by atoms with Gasteiger partial charge in [-0.1, -0.05) is 54.1 Å². The molecule has 1 fully saturated rings. The molecule has 1 amide bonds. The van der Waals surface area contributed by atoms with E-state index >= 15 is 0 Å². The summed E-state index contributed by atoms with van der Waals surface area (Å²) >= 11 is 6.55. The van der Waals surface area contributed by atoms with Crippen molar-refractivity contribution in [1.82, 2.24) is 25.5 Å². The minimum atomic E-state index is -0.223. The number of halogens is 2. The highest BCUT2D eigenvalue weighted by atomic mass is 35.5. The van der Waals surface area contributed by atoms with Gasteiger partial charge in [0.1, 0.15) is 11.0 Å². The summed E-state index contributed by atoms with van der Waals surface area (Å²) in [7, 11) is 1.79. The van der Waals surface area contributed by atoms with Crippen LogP contribution in [0.1, 0.15) is 52.5 Å². The predicted octanol–water partition coefficient (Wildman–Crippen LogP) is 4.49. The third-order valence-corrected chi connectivity index (χ3v) is 6.46. The number of hydrogen-bond donors (Lipinski definition) is 2. The van der Waals surface area contributed by atoms with E-state index < -0.39 is 0 Å². The molecule has 2 unspecified atom stereocenters. The van der Waals surface area contributed by atoms with Crippen molar-refractivity contribution in [2.75, 3.05) is 13.6 Å². The number of hydrazine groups is 1. The lowest BCUT2D eigenvalue weighted by Gasteiger charge is -2.18. The standard InChI is InChI=1S/C25H29ClFN5O/c1-17-23(24(26)32(30-17)16-18-8-4-3-5-9-18)25(33)31(2)13-7-12-21-15-22(29-28-21)19-10-6-11-20(27)14-19/h3-6,8-11,14,21-22,28-29H,7,12-13,15-16H2,1-2H3. The van der Waals surface area contributed by atoms with Crippen LogP contribution in [0.15, 0.2) is 54.6 Å². The number of carbonyl (C=O) groups is 1. The van der Waals surface area contributed by atoms with Crippen molar-refractivity contribution in [3.05, 3.63) is 88.0 Å². The fraction of sp³-hybridized carbons (Fsp3) is 0.360. The van der Waals surface area contributed by atoms with Crippen LogP contribution in [-0.4, -0.2) is 40.2 Å². The molecule has 0 radical (unpaired) electrons. The van der Waals surface area contributed by atoms with Crippen LogP contribution in [0.3, 0.4) is 0 Å². The Bertz CT molecular complexity index is 1100. The van der Waals surface area contributed by atoms with E-state index in [9.17, 15) is 9.18 Å². The first kappa shape index (κ1) is 23.4. The van der Waals surface area contributed by atoms with Crippen molar-refractivity contribution in [1.29, 1.82) is 0 Å². The van der Waals surface area contributed by atoms with Gasteiger partial charge in [-0.25, -0.2) is 9.07 Å². The highest BCUT2D eigenvalue weighted by molar-refractivity contribution is 6.33. The van der Waals surface area contributed by atoms with Gasteiger partial charge in [-0.15, -0.1) is 0 Å². The van der Waals surface area contributed by atoms with Crippen molar-refractivity contribution in [3.63, 3.8) is 0 Å². The predicted molar refractivity (Wildman–Crippen MR) is 128 cm³/mol. The molecule has 4 rings (SSSR count). The highest BCUT2D eigenvalue weighted by Crippen LogP contribution is 2.25. The summed E-state index contributed by atoms with van der Waals surface area (Å²) in [5.74, 6) is -0.342. The van der Waals surface area contributed by atoms with E-state index in [2.05, 4.69) is 16.0 Å². The molecule has 3 aromatic rings. The quantitative estimate of drug-likeness (QED) is 0.510. The fourth-order valence-electron chi connectivity index (χ4n) is 4.28. The average molecular weight is 470 g/mol. The molecule has 174 valence electrons. The van der Waals surface area contributed by atoms with Gasteiger partial charge in [-0.3, -0.25) is 15.6 Å². The molecule has 6 nitrogen and oxygen atoms in total. The molecule has 0 spiro atoms. The molecule has 1 saturated heterocycles. The lowest BCUT2D eigenvalue weighted by Crippen LogP contribution is -2.32. The Morgan fingerprint density at radius 3 is 2.76 bits per heavy atom. The van der Waals surface area contributed by atoms with Crippen molar-refractivity contribution in [3.8, 4) is 0 Å². The number of aryl methyl sites for hydroxylation is 1.